The van der Waals surface area contributed by atoms with Crippen LogP contribution in [-0.2, 0) is 20.7 Å². The molecule has 0 radical (unpaired) electrons. The summed E-state index contributed by atoms with van der Waals surface area (Å²) >= 11 is 1.03. The number of ether oxygens (including phenoxy) is 1. The van der Waals surface area contributed by atoms with E-state index in [-0.39, 0.29) is 18.9 Å². The summed E-state index contributed by atoms with van der Waals surface area (Å²) < 4.78 is 4.76. The van der Waals surface area contributed by atoms with Crippen molar-refractivity contribution in [3.05, 3.63) is 10.6 Å². The summed E-state index contributed by atoms with van der Waals surface area (Å²) in [6.07, 6.45) is 0.537. The number of thiazole rings is 1. The Morgan fingerprint density at radius 2 is 2.24 bits per heavy atom. The number of aldehydes is 1. The van der Waals surface area contributed by atoms with E-state index in [9.17, 15) is 14.4 Å². The number of carbonyl (C=O) groups is 3. The first-order valence-corrected chi connectivity index (χ1v) is 5.76. The molecule has 0 saturated carbocycles. The quantitative estimate of drug-likeness (QED) is 0.628. The Kier molecular flexibility index (Phi) is 4.77. The number of anilines is 1. The van der Waals surface area contributed by atoms with E-state index in [1.807, 2.05) is 0 Å². The van der Waals surface area contributed by atoms with Crippen LogP contribution >= 0.6 is 11.3 Å². The van der Waals surface area contributed by atoms with Gasteiger partial charge in [-0.25, -0.2) is 4.98 Å². The smallest absolute Gasteiger partial charge is 0.311 e. The molecule has 7 heteroatoms. The fraction of sp³-hybridized carbons (Fsp3) is 0.400. The molecule has 1 N–H and O–H groups in total. The zero-order valence-electron chi connectivity index (χ0n) is 9.48. The van der Waals surface area contributed by atoms with Crippen molar-refractivity contribution in [1.82, 2.24) is 4.98 Å². The average molecular weight is 256 g/mol. The third-order valence-electron chi connectivity index (χ3n) is 1.73. The number of esters is 1. The molecule has 1 heterocycles. The maximum Gasteiger partial charge on any atom is 0.311 e. The standard InChI is InChI=1S/C10H12N2O4S/c1-3-16-9(15)4-7-8(5-13)17-10(12-7)11-6(2)14/h5H,3-4H2,1-2H3,(H,11,12,14). The van der Waals surface area contributed by atoms with Gasteiger partial charge in [-0.15, -0.1) is 0 Å². The molecule has 0 aliphatic rings. The normalized spacial score (nSPS) is 9.76. The first kappa shape index (κ1) is 13.3. The highest BCUT2D eigenvalue weighted by molar-refractivity contribution is 7.17. The molecule has 1 aromatic heterocycles. The summed E-state index contributed by atoms with van der Waals surface area (Å²) in [6.45, 7) is 3.31. The Labute approximate surface area is 102 Å². The van der Waals surface area contributed by atoms with Crippen molar-refractivity contribution in [3.8, 4) is 0 Å². The number of rotatable bonds is 5. The summed E-state index contributed by atoms with van der Waals surface area (Å²) in [5.74, 6) is -0.728. The van der Waals surface area contributed by atoms with Gasteiger partial charge >= 0.3 is 5.97 Å². The SMILES string of the molecule is CCOC(=O)Cc1nc(NC(C)=O)sc1C=O. The molecule has 92 valence electrons. The van der Waals surface area contributed by atoms with Crippen LogP contribution in [0.15, 0.2) is 0 Å². The van der Waals surface area contributed by atoms with Gasteiger partial charge in [0.15, 0.2) is 11.4 Å². The van der Waals surface area contributed by atoms with Crippen molar-refractivity contribution in [3.63, 3.8) is 0 Å². The molecule has 6 nitrogen and oxygen atoms in total. The predicted octanol–water partition coefficient (Wildman–Crippen LogP) is 1.02. The van der Waals surface area contributed by atoms with E-state index in [1.165, 1.54) is 6.92 Å². The molecule has 1 aromatic rings. The van der Waals surface area contributed by atoms with Gasteiger partial charge in [-0.3, -0.25) is 14.4 Å². The van der Waals surface area contributed by atoms with Crippen LogP contribution in [0.5, 0.6) is 0 Å². The van der Waals surface area contributed by atoms with Crippen LogP contribution in [0.2, 0.25) is 0 Å². The highest BCUT2D eigenvalue weighted by atomic mass is 32.1. The number of amides is 1. The van der Waals surface area contributed by atoms with Crippen molar-refractivity contribution in [2.75, 3.05) is 11.9 Å². The Morgan fingerprint density at radius 1 is 1.53 bits per heavy atom. The fourth-order valence-corrected chi connectivity index (χ4v) is 1.98. The van der Waals surface area contributed by atoms with Crippen LogP contribution in [0, 0.1) is 0 Å². The second-order valence-electron chi connectivity index (χ2n) is 3.11. The molecular weight excluding hydrogens is 244 g/mol. The molecule has 0 aliphatic carbocycles. The highest BCUT2D eigenvalue weighted by Gasteiger charge is 2.15. The van der Waals surface area contributed by atoms with E-state index < -0.39 is 5.97 Å². The molecule has 0 unspecified atom stereocenters. The minimum absolute atomic E-state index is 0.0714. The predicted molar refractivity (Wildman–Crippen MR) is 62.1 cm³/mol. The lowest BCUT2D eigenvalue weighted by Crippen LogP contribution is -2.09. The summed E-state index contributed by atoms with van der Waals surface area (Å²) in [4.78, 5) is 37.2. The summed E-state index contributed by atoms with van der Waals surface area (Å²) in [6, 6.07) is 0. The van der Waals surface area contributed by atoms with Gasteiger partial charge in [0.05, 0.1) is 23.6 Å². The topological polar surface area (TPSA) is 85.4 Å². The molecular formula is C10H12N2O4S. The van der Waals surface area contributed by atoms with Crippen molar-refractivity contribution in [1.29, 1.82) is 0 Å². The largest absolute Gasteiger partial charge is 0.466 e. The number of aromatic nitrogens is 1. The summed E-state index contributed by atoms with van der Waals surface area (Å²) in [5.41, 5.74) is 0.326. The molecule has 0 aromatic carbocycles. The van der Waals surface area contributed by atoms with Gasteiger partial charge in [-0.05, 0) is 6.92 Å². The molecule has 17 heavy (non-hydrogen) atoms. The molecule has 0 spiro atoms. The second kappa shape index (κ2) is 6.09. The maximum absolute atomic E-state index is 11.3. The summed E-state index contributed by atoms with van der Waals surface area (Å²) in [5, 5.41) is 2.77. The lowest BCUT2D eigenvalue weighted by Gasteiger charge is -1.99. The minimum atomic E-state index is -0.449. The van der Waals surface area contributed by atoms with E-state index in [0.29, 0.717) is 22.0 Å². The third-order valence-corrected chi connectivity index (χ3v) is 2.67. The van der Waals surface area contributed by atoms with Gasteiger partial charge in [0, 0.05) is 6.92 Å². The van der Waals surface area contributed by atoms with Crippen LogP contribution < -0.4 is 5.32 Å². The number of nitrogens with one attached hydrogen (secondary N) is 1. The van der Waals surface area contributed by atoms with E-state index in [4.69, 9.17) is 4.74 Å². The van der Waals surface area contributed by atoms with Crippen LogP contribution in [0.4, 0.5) is 5.13 Å². The highest BCUT2D eigenvalue weighted by Crippen LogP contribution is 2.22. The minimum Gasteiger partial charge on any atom is -0.466 e. The van der Waals surface area contributed by atoms with Crippen molar-refractivity contribution >= 4 is 34.6 Å². The van der Waals surface area contributed by atoms with E-state index in [0.717, 1.165) is 11.3 Å². The molecule has 1 amide bonds. The molecule has 0 aliphatic heterocycles. The fourth-order valence-electron chi connectivity index (χ4n) is 1.14. The number of hydrogen-bond acceptors (Lipinski definition) is 6. The first-order valence-electron chi connectivity index (χ1n) is 4.95. The van der Waals surface area contributed by atoms with Gasteiger partial charge in [0.25, 0.3) is 0 Å². The maximum atomic E-state index is 11.3. The second-order valence-corrected chi connectivity index (χ2v) is 4.14. The van der Waals surface area contributed by atoms with Crippen LogP contribution in [0.3, 0.4) is 0 Å². The van der Waals surface area contributed by atoms with Crippen LogP contribution in [0.25, 0.3) is 0 Å². The van der Waals surface area contributed by atoms with Gasteiger partial charge in [0.1, 0.15) is 0 Å². The number of hydrogen-bond donors (Lipinski definition) is 1. The molecule has 0 saturated heterocycles. The monoisotopic (exact) mass is 256 g/mol. The first-order chi connectivity index (χ1) is 8.06. The van der Waals surface area contributed by atoms with Crippen LogP contribution in [0.1, 0.15) is 29.2 Å². The Morgan fingerprint density at radius 3 is 2.76 bits per heavy atom. The van der Waals surface area contributed by atoms with Gasteiger partial charge in [-0.1, -0.05) is 11.3 Å². The van der Waals surface area contributed by atoms with Gasteiger partial charge in [0.2, 0.25) is 5.91 Å². The average Bonchev–Trinajstić information content (AvgIpc) is 2.59. The number of nitrogens with zero attached hydrogens (tertiary/aromatic N) is 1. The lowest BCUT2D eigenvalue weighted by atomic mass is 10.3. The lowest BCUT2D eigenvalue weighted by molar-refractivity contribution is -0.142. The Hall–Kier alpha value is -1.76. The van der Waals surface area contributed by atoms with Crippen molar-refractivity contribution < 1.29 is 19.1 Å². The zero-order chi connectivity index (χ0) is 12.8. The Balaban J connectivity index is 2.83. The molecule has 0 atom stereocenters. The van der Waals surface area contributed by atoms with E-state index >= 15 is 0 Å². The Bertz CT molecular complexity index is 442. The van der Waals surface area contributed by atoms with Crippen molar-refractivity contribution in [2.45, 2.75) is 20.3 Å². The van der Waals surface area contributed by atoms with E-state index in [1.54, 1.807) is 6.92 Å². The van der Waals surface area contributed by atoms with Crippen molar-refractivity contribution in [2.24, 2.45) is 0 Å². The molecule has 1 rings (SSSR count). The zero-order valence-corrected chi connectivity index (χ0v) is 10.3. The van der Waals surface area contributed by atoms with Crippen LogP contribution in [-0.4, -0.2) is 29.8 Å². The molecule has 0 fully saturated rings. The number of carbonyl (C=O) groups excluding carboxylic acids is 3. The third kappa shape index (κ3) is 3.95. The van der Waals surface area contributed by atoms with Gasteiger partial charge in [-0.2, -0.15) is 0 Å². The van der Waals surface area contributed by atoms with E-state index in [2.05, 4.69) is 10.3 Å². The molecule has 0 bridgehead atoms. The van der Waals surface area contributed by atoms with Gasteiger partial charge < -0.3 is 10.1 Å². The summed E-state index contributed by atoms with van der Waals surface area (Å²) in [7, 11) is 0.